The minimum atomic E-state index is -0.745. The minimum Gasteiger partial charge on any atom is -0.481 e. The Balaban J connectivity index is 1.35. The number of aliphatic carboxylic acids is 1. The molecule has 0 radical (unpaired) electrons. The van der Waals surface area contributed by atoms with Gasteiger partial charge in [-0.2, -0.15) is 0 Å². The average Bonchev–Trinajstić information content (AvgIpc) is 3.23. The van der Waals surface area contributed by atoms with Crippen molar-refractivity contribution in [3.8, 4) is 0 Å². The van der Waals surface area contributed by atoms with Gasteiger partial charge >= 0.3 is 5.97 Å². The number of nitrogens with one attached hydrogen (secondary N) is 1. The number of hydrogen-bond donors (Lipinski definition) is 2. The molecule has 1 saturated heterocycles. The van der Waals surface area contributed by atoms with Gasteiger partial charge < -0.3 is 15.3 Å². The van der Waals surface area contributed by atoms with Gasteiger partial charge in [0.2, 0.25) is 5.91 Å². The number of amides is 1. The SMILES string of the molecule is Cc1cnccc1N1CCC(C(=O)N[C@H]2[C@@H]3CC[C@@H](C3)[C@H]2C(=O)O)CC1. The second-order valence-electron chi connectivity index (χ2n) is 8.16. The molecule has 0 unspecified atom stereocenters. The fraction of sp³-hybridized carbons (Fsp3) is 0.650. The van der Waals surface area contributed by atoms with Crippen LogP contribution < -0.4 is 10.2 Å². The Morgan fingerprint density at radius 1 is 1.19 bits per heavy atom. The molecule has 4 atom stereocenters. The maximum Gasteiger partial charge on any atom is 0.308 e. The number of aromatic nitrogens is 1. The molecule has 0 aromatic carbocycles. The van der Waals surface area contributed by atoms with Crippen LogP contribution in [0.4, 0.5) is 5.69 Å². The Kier molecular flexibility index (Phi) is 4.59. The van der Waals surface area contributed by atoms with Crippen LogP contribution in [0.1, 0.15) is 37.7 Å². The molecule has 2 aliphatic carbocycles. The van der Waals surface area contributed by atoms with Crippen LogP contribution >= 0.6 is 0 Å². The summed E-state index contributed by atoms with van der Waals surface area (Å²) >= 11 is 0. The lowest BCUT2D eigenvalue weighted by atomic mass is 9.84. The zero-order chi connectivity index (χ0) is 18.3. The Labute approximate surface area is 154 Å². The third-order valence-electron chi connectivity index (χ3n) is 6.71. The van der Waals surface area contributed by atoms with Gasteiger partial charge in [-0.3, -0.25) is 14.6 Å². The zero-order valence-corrected chi connectivity index (χ0v) is 15.2. The van der Waals surface area contributed by atoms with Crippen LogP contribution in [0.5, 0.6) is 0 Å². The molecule has 3 aliphatic rings. The number of nitrogens with zero attached hydrogens (tertiary/aromatic N) is 2. The van der Waals surface area contributed by atoms with Crippen molar-refractivity contribution in [2.75, 3.05) is 18.0 Å². The molecular formula is C20H27N3O3. The van der Waals surface area contributed by atoms with E-state index in [1.54, 1.807) is 0 Å². The highest BCUT2D eigenvalue weighted by Crippen LogP contribution is 2.48. The number of piperidine rings is 1. The standard InChI is InChI=1S/C20H27N3O3/c1-12-11-21-7-4-16(12)23-8-5-13(6-9-23)19(24)22-18-15-3-2-14(10-15)17(18)20(25)26/h4,7,11,13-15,17-18H,2-3,5-6,8-10H2,1H3,(H,22,24)(H,25,26)/t14-,15+,17+,18-/m0/s1. The van der Waals surface area contributed by atoms with Gasteiger partial charge in [0.1, 0.15) is 0 Å². The summed E-state index contributed by atoms with van der Waals surface area (Å²) in [7, 11) is 0. The lowest BCUT2D eigenvalue weighted by molar-refractivity contribution is -0.145. The van der Waals surface area contributed by atoms with Gasteiger partial charge in [-0.15, -0.1) is 0 Å². The first-order valence-electron chi connectivity index (χ1n) is 9.73. The summed E-state index contributed by atoms with van der Waals surface area (Å²) in [6.07, 6.45) is 8.31. The van der Waals surface area contributed by atoms with E-state index in [9.17, 15) is 14.7 Å². The van der Waals surface area contributed by atoms with Crippen molar-refractivity contribution in [1.29, 1.82) is 0 Å². The molecule has 1 aromatic rings. The highest BCUT2D eigenvalue weighted by atomic mass is 16.4. The maximum atomic E-state index is 12.8. The van der Waals surface area contributed by atoms with Crippen molar-refractivity contribution >= 4 is 17.6 Å². The average molecular weight is 357 g/mol. The summed E-state index contributed by atoms with van der Waals surface area (Å²) in [5.41, 5.74) is 2.35. The van der Waals surface area contributed by atoms with Gasteiger partial charge in [0.25, 0.3) is 0 Å². The third-order valence-corrected chi connectivity index (χ3v) is 6.71. The molecular weight excluding hydrogens is 330 g/mol. The molecule has 1 aliphatic heterocycles. The van der Waals surface area contributed by atoms with Gasteiger partial charge in [0, 0.05) is 43.1 Å². The van der Waals surface area contributed by atoms with Crippen molar-refractivity contribution < 1.29 is 14.7 Å². The highest BCUT2D eigenvalue weighted by molar-refractivity contribution is 5.81. The highest BCUT2D eigenvalue weighted by Gasteiger charge is 2.51. The first-order chi connectivity index (χ1) is 12.5. The Morgan fingerprint density at radius 3 is 2.62 bits per heavy atom. The van der Waals surface area contributed by atoms with Crippen molar-refractivity contribution in [2.45, 2.75) is 45.1 Å². The number of carboxylic acid groups (broad SMARTS) is 1. The second-order valence-corrected chi connectivity index (χ2v) is 8.16. The van der Waals surface area contributed by atoms with Crippen LogP contribution in [-0.2, 0) is 9.59 Å². The van der Waals surface area contributed by atoms with E-state index in [-0.39, 0.29) is 23.8 Å². The van der Waals surface area contributed by atoms with E-state index < -0.39 is 11.9 Å². The number of hydrogen-bond acceptors (Lipinski definition) is 4. The summed E-state index contributed by atoms with van der Waals surface area (Å²) < 4.78 is 0. The van der Waals surface area contributed by atoms with Crippen molar-refractivity contribution in [3.63, 3.8) is 0 Å². The lowest BCUT2D eigenvalue weighted by Crippen LogP contribution is -2.50. The fourth-order valence-electron chi connectivity index (χ4n) is 5.34. The smallest absolute Gasteiger partial charge is 0.308 e. The number of rotatable bonds is 4. The van der Waals surface area contributed by atoms with Gasteiger partial charge in [0.15, 0.2) is 0 Å². The number of carbonyl (C=O) groups is 2. The number of aryl methyl sites for hydroxylation is 1. The molecule has 2 saturated carbocycles. The van der Waals surface area contributed by atoms with E-state index >= 15 is 0 Å². The van der Waals surface area contributed by atoms with Crippen LogP contribution in [0.3, 0.4) is 0 Å². The van der Waals surface area contributed by atoms with E-state index in [0.29, 0.717) is 5.92 Å². The Bertz CT molecular complexity index is 699. The molecule has 6 nitrogen and oxygen atoms in total. The van der Waals surface area contributed by atoms with Crippen LogP contribution in [0.15, 0.2) is 18.5 Å². The van der Waals surface area contributed by atoms with Crippen molar-refractivity contribution in [1.82, 2.24) is 10.3 Å². The lowest BCUT2D eigenvalue weighted by Gasteiger charge is -2.35. The first kappa shape index (κ1) is 17.3. The van der Waals surface area contributed by atoms with Gasteiger partial charge in [0.05, 0.1) is 5.92 Å². The number of pyridine rings is 1. The molecule has 1 amide bonds. The molecule has 26 heavy (non-hydrogen) atoms. The van der Waals surface area contributed by atoms with Crippen LogP contribution in [0.2, 0.25) is 0 Å². The molecule has 0 spiro atoms. The molecule has 2 bridgehead atoms. The van der Waals surface area contributed by atoms with E-state index in [4.69, 9.17) is 0 Å². The predicted octanol–water partition coefficient (Wildman–Crippen LogP) is 2.22. The molecule has 2 N–H and O–H groups in total. The fourth-order valence-corrected chi connectivity index (χ4v) is 5.34. The number of anilines is 1. The molecule has 140 valence electrons. The molecule has 6 heteroatoms. The van der Waals surface area contributed by atoms with Crippen LogP contribution in [0, 0.1) is 30.6 Å². The van der Waals surface area contributed by atoms with E-state index in [1.165, 1.54) is 5.69 Å². The largest absolute Gasteiger partial charge is 0.481 e. The van der Waals surface area contributed by atoms with Gasteiger partial charge in [-0.25, -0.2) is 0 Å². The van der Waals surface area contributed by atoms with E-state index in [0.717, 1.165) is 50.8 Å². The normalized spacial score (nSPS) is 31.2. The number of carboxylic acids is 1. The predicted molar refractivity (Wildman–Crippen MR) is 97.8 cm³/mol. The van der Waals surface area contributed by atoms with E-state index in [1.807, 2.05) is 18.5 Å². The minimum absolute atomic E-state index is 0.0121. The molecule has 4 rings (SSSR count). The van der Waals surface area contributed by atoms with Crippen LogP contribution in [0.25, 0.3) is 0 Å². The third kappa shape index (κ3) is 3.06. The van der Waals surface area contributed by atoms with Crippen molar-refractivity contribution in [3.05, 3.63) is 24.0 Å². The van der Waals surface area contributed by atoms with E-state index in [2.05, 4.69) is 22.1 Å². The summed E-state index contributed by atoms with van der Waals surface area (Å²) in [6.45, 7) is 3.76. The molecule has 1 aromatic heterocycles. The van der Waals surface area contributed by atoms with Crippen LogP contribution in [-0.4, -0.2) is 41.1 Å². The zero-order valence-electron chi connectivity index (χ0n) is 15.2. The molecule has 3 fully saturated rings. The molecule has 2 heterocycles. The number of carbonyl (C=O) groups excluding carboxylic acids is 1. The topological polar surface area (TPSA) is 82.5 Å². The van der Waals surface area contributed by atoms with Gasteiger partial charge in [-0.05, 0) is 62.5 Å². The summed E-state index contributed by atoms with van der Waals surface area (Å²) in [6, 6.07) is 1.86. The summed E-state index contributed by atoms with van der Waals surface area (Å²) in [5, 5.41) is 12.7. The quantitative estimate of drug-likeness (QED) is 0.863. The number of fused-ring (bicyclic) bond motifs is 2. The van der Waals surface area contributed by atoms with Gasteiger partial charge in [-0.1, -0.05) is 0 Å². The second kappa shape index (κ2) is 6.89. The monoisotopic (exact) mass is 357 g/mol. The Hall–Kier alpha value is -2.11. The first-order valence-corrected chi connectivity index (χ1v) is 9.73. The van der Waals surface area contributed by atoms with Crippen molar-refractivity contribution in [2.24, 2.45) is 23.7 Å². The Morgan fingerprint density at radius 2 is 1.92 bits per heavy atom. The summed E-state index contributed by atoms with van der Waals surface area (Å²) in [4.78, 5) is 30.9. The maximum absolute atomic E-state index is 12.8. The summed E-state index contributed by atoms with van der Waals surface area (Å²) in [5.74, 6) is -0.492.